The number of amides is 2. The Balaban J connectivity index is 2.60. The number of carboxylic acids is 1. The third kappa shape index (κ3) is 2.15. The molecule has 0 fully saturated rings. The lowest BCUT2D eigenvalue weighted by Crippen LogP contribution is -2.46. The molecule has 0 saturated heterocycles. The Morgan fingerprint density at radius 1 is 1.33 bits per heavy atom. The minimum atomic E-state index is -4.25. The van der Waals surface area contributed by atoms with Crippen LogP contribution in [0.3, 0.4) is 0 Å². The smallest absolute Gasteiger partial charge is 0.335 e. The summed E-state index contributed by atoms with van der Waals surface area (Å²) in [6, 6.07) is 1.97. The van der Waals surface area contributed by atoms with E-state index in [4.69, 9.17) is 5.11 Å². The van der Waals surface area contributed by atoms with Crippen molar-refractivity contribution in [2.24, 2.45) is 0 Å². The molecule has 1 unspecified atom stereocenters. The van der Waals surface area contributed by atoms with Crippen molar-refractivity contribution in [1.29, 1.82) is 0 Å². The van der Waals surface area contributed by atoms with Gasteiger partial charge in [0.1, 0.15) is 10.9 Å². The van der Waals surface area contributed by atoms with E-state index >= 15 is 0 Å². The Labute approximate surface area is 120 Å². The van der Waals surface area contributed by atoms with Gasteiger partial charge in [0.25, 0.3) is 15.9 Å². The average molecular weight is 312 g/mol. The number of nitrogens with one attached hydrogen (secondary N) is 1. The van der Waals surface area contributed by atoms with E-state index in [9.17, 15) is 22.8 Å². The van der Waals surface area contributed by atoms with Gasteiger partial charge in [-0.25, -0.2) is 17.5 Å². The summed E-state index contributed by atoms with van der Waals surface area (Å²) in [6.45, 7) is 1.28. The van der Waals surface area contributed by atoms with E-state index in [1.54, 1.807) is 0 Å². The first-order valence-electron chi connectivity index (χ1n) is 5.89. The fourth-order valence-corrected chi connectivity index (χ4v) is 3.83. The fourth-order valence-electron chi connectivity index (χ4n) is 2.08. The van der Waals surface area contributed by atoms with Crippen LogP contribution in [0.1, 0.15) is 27.6 Å². The number of rotatable bonds is 3. The number of nitrogens with zero attached hydrogens (tertiary/aromatic N) is 1. The zero-order valence-corrected chi connectivity index (χ0v) is 12.0. The van der Waals surface area contributed by atoms with Crippen molar-refractivity contribution >= 4 is 27.8 Å². The van der Waals surface area contributed by atoms with Gasteiger partial charge in [-0.2, -0.15) is 0 Å². The van der Waals surface area contributed by atoms with E-state index in [0.717, 1.165) is 18.2 Å². The van der Waals surface area contributed by atoms with Crippen LogP contribution in [0.25, 0.3) is 0 Å². The summed E-state index contributed by atoms with van der Waals surface area (Å²) < 4.78 is 25.2. The largest absolute Gasteiger partial charge is 0.478 e. The molecular formula is C12H12N2O6S. The van der Waals surface area contributed by atoms with Crippen molar-refractivity contribution in [3.8, 4) is 0 Å². The lowest BCUT2D eigenvalue weighted by Gasteiger charge is -2.21. The number of carbonyl (C=O) groups is 3. The zero-order valence-electron chi connectivity index (χ0n) is 11.2. The molecule has 1 aromatic rings. The maximum absolute atomic E-state index is 12.4. The van der Waals surface area contributed by atoms with Gasteiger partial charge < -0.3 is 10.4 Å². The lowest BCUT2D eigenvalue weighted by atomic mass is 10.1. The van der Waals surface area contributed by atoms with Crippen LogP contribution in [-0.2, 0) is 14.8 Å². The molecule has 1 aliphatic rings. The number of hydrogen-bond acceptors (Lipinski definition) is 5. The standard InChI is InChI=1S/C12H12N2O6S/c1-6(10(15)13-2)14-11(16)8-4-3-7(12(17)18)5-9(8)21(14,19)20/h3-6H,1-2H3,(H,13,15)(H,17,18). The van der Waals surface area contributed by atoms with Crippen LogP contribution < -0.4 is 5.32 Å². The number of carboxylic acid groups (broad SMARTS) is 1. The molecule has 2 N–H and O–H groups in total. The minimum Gasteiger partial charge on any atom is -0.478 e. The summed E-state index contributed by atoms with van der Waals surface area (Å²) >= 11 is 0. The molecule has 2 amide bonds. The highest BCUT2D eigenvalue weighted by atomic mass is 32.2. The number of benzene rings is 1. The van der Waals surface area contributed by atoms with Crippen molar-refractivity contribution in [2.45, 2.75) is 17.9 Å². The molecule has 0 aliphatic carbocycles. The Kier molecular flexibility index (Phi) is 3.46. The van der Waals surface area contributed by atoms with Crippen LogP contribution in [0.4, 0.5) is 0 Å². The Hall–Kier alpha value is -2.42. The number of aromatic carboxylic acids is 1. The first kappa shape index (κ1) is 15.0. The molecule has 0 spiro atoms. The Bertz CT molecular complexity index is 755. The van der Waals surface area contributed by atoms with Gasteiger partial charge in [0.2, 0.25) is 5.91 Å². The summed E-state index contributed by atoms with van der Waals surface area (Å²) in [4.78, 5) is 34.3. The van der Waals surface area contributed by atoms with Crippen LogP contribution in [-0.4, -0.2) is 48.7 Å². The normalized spacial score (nSPS) is 17.2. The zero-order chi connectivity index (χ0) is 15.9. The van der Waals surface area contributed by atoms with Crippen LogP contribution in [0.15, 0.2) is 23.1 Å². The molecular weight excluding hydrogens is 300 g/mol. The third-order valence-corrected chi connectivity index (χ3v) is 5.07. The number of hydrogen-bond donors (Lipinski definition) is 2. The maximum Gasteiger partial charge on any atom is 0.335 e. The number of sulfonamides is 1. The minimum absolute atomic E-state index is 0.143. The van der Waals surface area contributed by atoms with Crippen molar-refractivity contribution in [3.63, 3.8) is 0 Å². The van der Waals surface area contributed by atoms with Crippen LogP contribution in [0.5, 0.6) is 0 Å². The number of carbonyl (C=O) groups excluding carboxylic acids is 2. The van der Waals surface area contributed by atoms with Gasteiger partial charge in [-0.05, 0) is 25.1 Å². The molecule has 1 aliphatic heterocycles. The summed E-state index contributed by atoms with van der Waals surface area (Å²) in [5, 5.41) is 11.2. The molecule has 21 heavy (non-hydrogen) atoms. The SMILES string of the molecule is CNC(=O)C(C)N1C(=O)c2ccc(C(=O)O)cc2S1(=O)=O. The fraction of sp³-hybridized carbons (Fsp3) is 0.250. The molecule has 0 saturated carbocycles. The van der Waals surface area contributed by atoms with Crippen LogP contribution >= 0.6 is 0 Å². The van der Waals surface area contributed by atoms with Gasteiger partial charge >= 0.3 is 5.97 Å². The highest BCUT2D eigenvalue weighted by molar-refractivity contribution is 7.90. The van der Waals surface area contributed by atoms with Crippen molar-refractivity contribution in [1.82, 2.24) is 9.62 Å². The van der Waals surface area contributed by atoms with Gasteiger partial charge in [-0.3, -0.25) is 9.59 Å². The second-order valence-electron chi connectivity index (χ2n) is 4.41. The predicted molar refractivity (Wildman–Crippen MR) is 70.3 cm³/mol. The number of fused-ring (bicyclic) bond motifs is 1. The van der Waals surface area contributed by atoms with E-state index in [-0.39, 0.29) is 11.1 Å². The summed E-state index contributed by atoms with van der Waals surface area (Å²) in [5.74, 6) is -2.80. The first-order valence-corrected chi connectivity index (χ1v) is 7.33. The molecule has 1 heterocycles. The molecule has 1 aromatic carbocycles. The van der Waals surface area contributed by atoms with Gasteiger partial charge in [0.15, 0.2) is 0 Å². The van der Waals surface area contributed by atoms with Crippen LogP contribution in [0.2, 0.25) is 0 Å². The molecule has 8 nitrogen and oxygen atoms in total. The van der Waals surface area contributed by atoms with Crippen molar-refractivity contribution in [3.05, 3.63) is 29.3 Å². The maximum atomic E-state index is 12.4. The van der Waals surface area contributed by atoms with E-state index in [1.807, 2.05) is 0 Å². The first-order chi connectivity index (χ1) is 9.71. The lowest BCUT2D eigenvalue weighted by molar-refractivity contribution is -0.123. The topological polar surface area (TPSA) is 121 Å². The van der Waals surface area contributed by atoms with E-state index in [0.29, 0.717) is 4.31 Å². The van der Waals surface area contributed by atoms with E-state index in [2.05, 4.69) is 5.32 Å². The summed E-state index contributed by atoms with van der Waals surface area (Å²) in [7, 11) is -2.93. The van der Waals surface area contributed by atoms with Crippen molar-refractivity contribution < 1.29 is 27.9 Å². The molecule has 2 rings (SSSR count). The number of likely N-dealkylation sites (N-methyl/N-ethyl adjacent to an activating group) is 1. The molecule has 0 bridgehead atoms. The summed E-state index contributed by atoms with van der Waals surface area (Å²) in [5.41, 5.74) is -0.393. The molecule has 0 radical (unpaired) electrons. The van der Waals surface area contributed by atoms with Gasteiger partial charge in [0, 0.05) is 7.05 Å². The van der Waals surface area contributed by atoms with Crippen molar-refractivity contribution in [2.75, 3.05) is 7.05 Å². The molecule has 0 aromatic heterocycles. The van der Waals surface area contributed by atoms with Crippen LogP contribution in [0, 0.1) is 0 Å². The third-order valence-electron chi connectivity index (χ3n) is 3.17. The molecule has 1 atom stereocenters. The van der Waals surface area contributed by atoms with Gasteiger partial charge in [-0.1, -0.05) is 0 Å². The van der Waals surface area contributed by atoms with Gasteiger partial charge in [-0.15, -0.1) is 0 Å². The second-order valence-corrected chi connectivity index (χ2v) is 6.20. The summed E-state index contributed by atoms with van der Waals surface area (Å²) in [6.07, 6.45) is 0. The quantitative estimate of drug-likeness (QED) is 0.788. The Morgan fingerprint density at radius 3 is 2.48 bits per heavy atom. The Morgan fingerprint density at radius 2 is 1.95 bits per heavy atom. The molecule has 9 heteroatoms. The monoisotopic (exact) mass is 312 g/mol. The highest BCUT2D eigenvalue weighted by Crippen LogP contribution is 2.32. The predicted octanol–water partition coefficient (Wildman–Crippen LogP) is -0.336. The second kappa shape index (κ2) is 4.85. The van der Waals surface area contributed by atoms with E-state index in [1.165, 1.54) is 14.0 Å². The average Bonchev–Trinajstić information content (AvgIpc) is 2.64. The van der Waals surface area contributed by atoms with Gasteiger partial charge in [0.05, 0.1) is 11.1 Å². The van der Waals surface area contributed by atoms with E-state index < -0.39 is 38.7 Å². The highest BCUT2D eigenvalue weighted by Gasteiger charge is 2.45. The molecule has 112 valence electrons.